The minimum Gasteiger partial charge on any atom is -0.464 e. The van der Waals surface area contributed by atoms with E-state index in [0.717, 1.165) is 53.8 Å². The third-order valence-electron chi connectivity index (χ3n) is 4.18. The van der Waals surface area contributed by atoms with E-state index in [1.807, 2.05) is 50.1 Å². The normalized spacial score (nSPS) is 11.2. The van der Waals surface area contributed by atoms with Crippen LogP contribution in [0.2, 0.25) is 0 Å². The van der Waals surface area contributed by atoms with Gasteiger partial charge in [-0.25, -0.2) is 4.98 Å². The summed E-state index contributed by atoms with van der Waals surface area (Å²) in [5, 5.41) is 0. The number of hydrogen-bond donors (Lipinski definition) is 1. The van der Waals surface area contributed by atoms with Crippen LogP contribution in [-0.4, -0.2) is 39.7 Å². The lowest BCUT2D eigenvalue weighted by Gasteiger charge is -2.06. The van der Waals surface area contributed by atoms with E-state index < -0.39 is 0 Å². The number of nitrogens with zero attached hydrogens (tertiary/aromatic N) is 3. The third-order valence-corrected chi connectivity index (χ3v) is 5.25. The van der Waals surface area contributed by atoms with Gasteiger partial charge in [-0.2, -0.15) is 11.8 Å². The van der Waals surface area contributed by atoms with Crippen molar-refractivity contribution in [3.63, 3.8) is 0 Å². The Balaban J connectivity index is 1.41. The van der Waals surface area contributed by atoms with E-state index in [0.29, 0.717) is 12.0 Å². The van der Waals surface area contributed by atoms with E-state index in [9.17, 15) is 4.79 Å². The van der Waals surface area contributed by atoms with Crippen LogP contribution in [0.25, 0.3) is 0 Å². The van der Waals surface area contributed by atoms with Crippen LogP contribution in [0.1, 0.15) is 34.9 Å². The van der Waals surface area contributed by atoms with Crippen molar-refractivity contribution in [3.8, 4) is 0 Å². The van der Waals surface area contributed by atoms with Crippen molar-refractivity contribution in [2.24, 2.45) is 0 Å². The van der Waals surface area contributed by atoms with Gasteiger partial charge in [-0.3, -0.25) is 9.78 Å². The average Bonchev–Trinajstić information content (AvgIpc) is 3.11. The molecule has 0 fully saturated rings. The van der Waals surface area contributed by atoms with Crippen LogP contribution in [0, 0.1) is 0 Å². The summed E-state index contributed by atoms with van der Waals surface area (Å²) in [5.74, 6) is 4.60. The zero-order valence-corrected chi connectivity index (χ0v) is 17.2. The molecule has 0 saturated heterocycles. The molecule has 0 radical (unpaired) electrons. The van der Waals surface area contributed by atoms with Crippen LogP contribution in [-0.2, 0) is 25.1 Å². The molecule has 3 rings (SSSR count). The molecule has 3 aromatic rings. The van der Waals surface area contributed by atoms with Crippen molar-refractivity contribution >= 4 is 11.8 Å². The van der Waals surface area contributed by atoms with Gasteiger partial charge in [0.2, 0.25) is 0 Å². The average molecular weight is 399 g/mol. The van der Waals surface area contributed by atoms with E-state index in [2.05, 4.69) is 19.9 Å². The summed E-state index contributed by atoms with van der Waals surface area (Å²) >= 11 is 1.83. The Labute approximate surface area is 169 Å². The molecule has 0 bridgehead atoms. The first-order valence-corrected chi connectivity index (χ1v) is 10.5. The topological polar surface area (TPSA) is 75.0 Å². The second kappa shape index (κ2) is 10.2. The Morgan fingerprint density at radius 2 is 2.04 bits per heavy atom. The Bertz CT molecular complexity index is 921. The molecule has 0 atom stereocenters. The molecule has 3 heterocycles. The first kappa shape index (κ1) is 20.4. The molecule has 0 spiro atoms. The maximum Gasteiger partial charge on any atom is 0.254 e. The van der Waals surface area contributed by atoms with E-state index >= 15 is 0 Å². The first-order valence-electron chi connectivity index (χ1n) is 9.36. The fourth-order valence-electron chi connectivity index (χ4n) is 2.84. The zero-order valence-electron chi connectivity index (χ0n) is 16.4. The molecule has 0 aromatic carbocycles. The van der Waals surface area contributed by atoms with Crippen LogP contribution < -0.4 is 5.56 Å². The highest BCUT2D eigenvalue weighted by atomic mass is 32.2. The van der Waals surface area contributed by atoms with Gasteiger partial charge in [0.05, 0.1) is 12.3 Å². The van der Waals surface area contributed by atoms with Crippen LogP contribution in [0.5, 0.6) is 0 Å². The van der Waals surface area contributed by atoms with Crippen molar-refractivity contribution in [3.05, 3.63) is 81.7 Å². The fraction of sp³-hybridized carbons (Fsp3) is 0.381. The number of nitrogens with one attached hydrogen (secondary N) is 1. The molecule has 0 saturated carbocycles. The molecular formula is C21H26N4O2S. The van der Waals surface area contributed by atoms with Crippen molar-refractivity contribution in [1.82, 2.24) is 19.9 Å². The summed E-state index contributed by atoms with van der Waals surface area (Å²) in [6.45, 7) is 0.820. The highest BCUT2D eigenvalue weighted by Gasteiger charge is 2.06. The molecule has 3 aromatic heterocycles. The Hall–Kier alpha value is -2.38. The summed E-state index contributed by atoms with van der Waals surface area (Å²) in [6.07, 6.45) is 7.45. The number of hydrogen-bond acceptors (Lipinski definition) is 6. The number of pyridine rings is 1. The van der Waals surface area contributed by atoms with Crippen LogP contribution >= 0.6 is 11.8 Å². The first-order chi connectivity index (χ1) is 13.6. The summed E-state index contributed by atoms with van der Waals surface area (Å²) in [5.41, 5.74) is 1.61. The van der Waals surface area contributed by atoms with E-state index in [4.69, 9.17) is 4.42 Å². The number of aromatic amines is 1. The predicted molar refractivity (Wildman–Crippen MR) is 112 cm³/mol. The summed E-state index contributed by atoms with van der Waals surface area (Å²) in [6, 6.07) is 7.91. The number of thioether (sulfide) groups is 1. The number of aryl methyl sites for hydroxylation is 1. The minimum atomic E-state index is -0.0643. The molecule has 0 amide bonds. The largest absolute Gasteiger partial charge is 0.464 e. The lowest BCUT2D eigenvalue weighted by molar-refractivity contribution is 0.344. The van der Waals surface area contributed by atoms with E-state index in [1.54, 1.807) is 18.6 Å². The molecule has 0 aliphatic carbocycles. The molecule has 6 nitrogen and oxygen atoms in total. The second-order valence-corrected chi connectivity index (χ2v) is 8.09. The standard InChI is InChI=1S/C21H26N4O2S/c1-25(2)14-18-7-8-19(27-18)15-28-10-4-6-20-23-13-17(21(26)24-20)11-16-5-3-9-22-12-16/h3,5,7-9,12-13H,4,6,10-11,14-15H2,1-2H3,(H,23,24,26). The van der Waals surface area contributed by atoms with Gasteiger partial charge in [-0.1, -0.05) is 6.07 Å². The SMILES string of the molecule is CN(C)Cc1ccc(CSCCCc2ncc(Cc3cccnc3)c(=O)[nH]2)o1. The molecule has 148 valence electrons. The maximum atomic E-state index is 12.3. The molecule has 7 heteroatoms. The van der Waals surface area contributed by atoms with E-state index in [-0.39, 0.29) is 5.56 Å². The predicted octanol–water partition coefficient (Wildman–Crippen LogP) is 3.28. The molecule has 28 heavy (non-hydrogen) atoms. The van der Waals surface area contributed by atoms with Gasteiger partial charge in [-0.15, -0.1) is 0 Å². The van der Waals surface area contributed by atoms with Crippen molar-refractivity contribution < 1.29 is 4.42 Å². The number of furan rings is 1. The number of H-pyrrole nitrogens is 1. The quantitative estimate of drug-likeness (QED) is 0.528. The van der Waals surface area contributed by atoms with Gasteiger partial charge in [0.25, 0.3) is 5.56 Å². The van der Waals surface area contributed by atoms with Gasteiger partial charge < -0.3 is 14.3 Å². The van der Waals surface area contributed by atoms with Crippen molar-refractivity contribution in [2.75, 3.05) is 19.8 Å². The van der Waals surface area contributed by atoms with Gasteiger partial charge >= 0.3 is 0 Å². The summed E-state index contributed by atoms with van der Waals surface area (Å²) < 4.78 is 5.81. The highest BCUT2D eigenvalue weighted by molar-refractivity contribution is 7.98. The second-order valence-electron chi connectivity index (χ2n) is 6.98. The Kier molecular flexibility index (Phi) is 7.45. The Morgan fingerprint density at radius 3 is 2.79 bits per heavy atom. The molecule has 0 unspecified atom stereocenters. The highest BCUT2D eigenvalue weighted by Crippen LogP contribution is 2.17. The molecule has 0 aliphatic rings. The van der Waals surface area contributed by atoms with Gasteiger partial charge in [0.1, 0.15) is 17.3 Å². The third kappa shape index (κ3) is 6.35. The molecule has 0 aliphatic heterocycles. The summed E-state index contributed by atoms with van der Waals surface area (Å²) in [7, 11) is 4.06. The lowest BCUT2D eigenvalue weighted by Crippen LogP contribution is -2.16. The van der Waals surface area contributed by atoms with Crippen molar-refractivity contribution in [2.45, 2.75) is 31.6 Å². The van der Waals surface area contributed by atoms with Crippen LogP contribution in [0.15, 0.2) is 52.1 Å². The lowest BCUT2D eigenvalue weighted by atomic mass is 10.1. The monoisotopic (exact) mass is 398 g/mol. The van der Waals surface area contributed by atoms with Gasteiger partial charge in [-0.05, 0) is 50.0 Å². The molecule has 1 N–H and O–H groups in total. The minimum absolute atomic E-state index is 0.0643. The molecular weight excluding hydrogens is 372 g/mol. The van der Waals surface area contributed by atoms with Crippen LogP contribution in [0.3, 0.4) is 0 Å². The number of aromatic nitrogens is 3. The van der Waals surface area contributed by atoms with Gasteiger partial charge in [0, 0.05) is 37.0 Å². The van der Waals surface area contributed by atoms with Gasteiger partial charge in [0.15, 0.2) is 0 Å². The fourth-order valence-corrected chi connectivity index (χ4v) is 3.69. The Morgan fingerprint density at radius 1 is 1.18 bits per heavy atom. The number of rotatable bonds is 10. The zero-order chi connectivity index (χ0) is 19.8. The maximum absolute atomic E-state index is 12.3. The van der Waals surface area contributed by atoms with Crippen LogP contribution in [0.4, 0.5) is 0 Å². The van der Waals surface area contributed by atoms with E-state index in [1.165, 1.54) is 0 Å². The van der Waals surface area contributed by atoms with Crippen molar-refractivity contribution in [1.29, 1.82) is 0 Å². The summed E-state index contributed by atoms with van der Waals surface area (Å²) in [4.78, 5) is 25.7. The smallest absolute Gasteiger partial charge is 0.254 e.